The molecule has 8 nitrogen and oxygen atoms in total. The molecule has 1 fully saturated rings. The van der Waals surface area contributed by atoms with E-state index in [1.807, 2.05) is 19.9 Å². The van der Waals surface area contributed by atoms with Gasteiger partial charge in [-0.3, -0.25) is 24.5 Å². The van der Waals surface area contributed by atoms with Crippen LogP contribution in [-0.4, -0.2) is 39.7 Å². The van der Waals surface area contributed by atoms with Gasteiger partial charge in [-0.15, -0.1) is 0 Å². The average Bonchev–Trinajstić information content (AvgIpc) is 3.07. The minimum absolute atomic E-state index is 0.159. The van der Waals surface area contributed by atoms with Crippen LogP contribution in [0.25, 0.3) is 0 Å². The van der Waals surface area contributed by atoms with Crippen molar-refractivity contribution in [3.05, 3.63) is 63.7 Å². The van der Waals surface area contributed by atoms with Gasteiger partial charge in [0.2, 0.25) is 11.8 Å². The first-order valence-corrected chi connectivity index (χ1v) is 10.6. The van der Waals surface area contributed by atoms with E-state index in [1.165, 1.54) is 4.90 Å². The zero-order valence-electron chi connectivity index (χ0n) is 18.3. The highest BCUT2D eigenvalue weighted by molar-refractivity contribution is 6.05. The van der Waals surface area contributed by atoms with Gasteiger partial charge in [0.25, 0.3) is 11.8 Å². The smallest absolute Gasteiger partial charge is 0.296 e. The molecule has 2 aliphatic rings. The predicted octanol–water partition coefficient (Wildman–Crippen LogP) is 1.44. The molecule has 4 rings (SSSR count). The van der Waals surface area contributed by atoms with E-state index in [9.17, 15) is 24.3 Å². The molecule has 1 atom stereocenters. The lowest BCUT2D eigenvalue weighted by Crippen LogP contribution is -2.52. The van der Waals surface area contributed by atoms with Gasteiger partial charge in [0.05, 0.1) is 0 Å². The van der Waals surface area contributed by atoms with Crippen molar-refractivity contribution >= 4 is 23.6 Å². The highest BCUT2D eigenvalue weighted by atomic mass is 16.3. The number of piperidine rings is 1. The minimum Gasteiger partial charge on any atom is -0.508 e. The van der Waals surface area contributed by atoms with Crippen LogP contribution in [0.1, 0.15) is 51.0 Å². The lowest BCUT2D eigenvalue weighted by molar-refractivity contribution is -0.137. The van der Waals surface area contributed by atoms with Gasteiger partial charge in [-0.05, 0) is 60.7 Å². The van der Waals surface area contributed by atoms with Gasteiger partial charge < -0.3 is 15.3 Å². The number of phenols is 1. The molecule has 0 saturated carbocycles. The Bertz CT molecular complexity index is 1230. The number of phenolic OH excluding ortho intramolecular Hbond substituents is 1. The van der Waals surface area contributed by atoms with Gasteiger partial charge in [-0.2, -0.15) is 0 Å². The summed E-state index contributed by atoms with van der Waals surface area (Å²) >= 11 is 0. The summed E-state index contributed by atoms with van der Waals surface area (Å²) in [4.78, 5) is 50.0. The SMILES string of the molecule is Cc1cc(O)cc(C)c1C#CC(=O)NCc1ccc2c(c1)CN(C1CCC(=O)NC1=O)C2=O. The molecule has 8 heteroatoms. The monoisotopic (exact) mass is 445 g/mol. The fraction of sp³-hybridized carbons (Fsp3) is 0.280. The summed E-state index contributed by atoms with van der Waals surface area (Å²) < 4.78 is 0. The molecular formula is C25H23N3O5. The van der Waals surface area contributed by atoms with Crippen LogP contribution in [0.15, 0.2) is 30.3 Å². The van der Waals surface area contributed by atoms with Gasteiger partial charge in [0.15, 0.2) is 0 Å². The molecule has 33 heavy (non-hydrogen) atoms. The average molecular weight is 445 g/mol. The number of amides is 4. The van der Waals surface area contributed by atoms with Gasteiger partial charge in [-0.1, -0.05) is 18.1 Å². The second-order valence-electron chi connectivity index (χ2n) is 8.28. The summed E-state index contributed by atoms with van der Waals surface area (Å²) in [6.07, 6.45) is 0.518. The van der Waals surface area contributed by atoms with Crippen LogP contribution < -0.4 is 10.6 Å². The molecule has 1 unspecified atom stereocenters. The number of nitrogens with zero attached hydrogens (tertiary/aromatic N) is 1. The molecule has 0 aliphatic carbocycles. The van der Waals surface area contributed by atoms with Crippen LogP contribution in [0.3, 0.4) is 0 Å². The van der Waals surface area contributed by atoms with E-state index >= 15 is 0 Å². The number of aryl methyl sites for hydroxylation is 2. The maximum Gasteiger partial charge on any atom is 0.296 e. The van der Waals surface area contributed by atoms with Crippen molar-refractivity contribution in [2.24, 2.45) is 0 Å². The predicted molar refractivity (Wildman–Crippen MR) is 119 cm³/mol. The number of carbonyl (C=O) groups is 4. The number of carbonyl (C=O) groups excluding carboxylic acids is 4. The fourth-order valence-electron chi connectivity index (χ4n) is 4.22. The van der Waals surface area contributed by atoms with Crippen molar-refractivity contribution in [3.63, 3.8) is 0 Å². The Morgan fingerprint density at radius 1 is 1.18 bits per heavy atom. The Labute approximate surface area is 191 Å². The Morgan fingerprint density at radius 3 is 2.61 bits per heavy atom. The minimum atomic E-state index is -0.659. The quantitative estimate of drug-likeness (QED) is 0.488. The molecule has 0 spiro atoms. The molecule has 2 heterocycles. The highest BCUT2D eigenvalue weighted by Gasteiger charge is 2.39. The summed E-state index contributed by atoms with van der Waals surface area (Å²) in [6, 6.07) is 7.82. The normalized spacial score (nSPS) is 17.2. The second-order valence-corrected chi connectivity index (χ2v) is 8.28. The standard InChI is InChI=1S/C25H23N3O5/c1-14-9-18(29)10-15(2)19(14)5-7-22(30)26-12-16-3-4-20-17(11-16)13-28(25(20)33)21-6-8-23(31)27-24(21)32/h3-4,9-11,21,29H,6,8,12-13H2,1-2H3,(H,26,30)(H,27,31,32). The highest BCUT2D eigenvalue weighted by Crippen LogP contribution is 2.28. The van der Waals surface area contributed by atoms with Crippen molar-refractivity contribution in [1.82, 2.24) is 15.5 Å². The number of fused-ring (bicyclic) bond motifs is 1. The molecule has 3 N–H and O–H groups in total. The van der Waals surface area contributed by atoms with Crippen LogP contribution in [0.5, 0.6) is 5.75 Å². The molecule has 0 aromatic heterocycles. The second kappa shape index (κ2) is 8.79. The Kier molecular flexibility index (Phi) is 5.88. The number of benzene rings is 2. The van der Waals surface area contributed by atoms with Gasteiger partial charge in [0, 0.05) is 36.6 Å². The Balaban J connectivity index is 1.41. The number of imide groups is 1. The largest absolute Gasteiger partial charge is 0.508 e. The number of hydrogen-bond acceptors (Lipinski definition) is 5. The van der Waals surface area contributed by atoms with Crippen molar-refractivity contribution in [2.75, 3.05) is 0 Å². The third kappa shape index (κ3) is 4.58. The Morgan fingerprint density at radius 2 is 1.91 bits per heavy atom. The van der Waals surface area contributed by atoms with E-state index in [4.69, 9.17) is 0 Å². The molecule has 1 saturated heterocycles. The lowest BCUT2D eigenvalue weighted by atomic mass is 10.0. The summed E-state index contributed by atoms with van der Waals surface area (Å²) in [5.74, 6) is 4.14. The molecule has 2 aromatic carbocycles. The van der Waals surface area contributed by atoms with E-state index in [2.05, 4.69) is 22.5 Å². The summed E-state index contributed by atoms with van der Waals surface area (Å²) in [7, 11) is 0. The first-order chi connectivity index (χ1) is 15.7. The van der Waals surface area contributed by atoms with E-state index in [-0.39, 0.29) is 37.1 Å². The van der Waals surface area contributed by atoms with Crippen LogP contribution >= 0.6 is 0 Å². The van der Waals surface area contributed by atoms with E-state index in [0.29, 0.717) is 17.5 Å². The first-order valence-electron chi connectivity index (χ1n) is 10.6. The van der Waals surface area contributed by atoms with Crippen LogP contribution in [0.2, 0.25) is 0 Å². The van der Waals surface area contributed by atoms with Crippen molar-refractivity contribution < 1.29 is 24.3 Å². The molecule has 2 aromatic rings. The molecule has 0 radical (unpaired) electrons. The van der Waals surface area contributed by atoms with E-state index < -0.39 is 17.9 Å². The van der Waals surface area contributed by atoms with E-state index in [1.54, 1.807) is 24.3 Å². The maximum atomic E-state index is 12.8. The zero-order valence-corrected chi connectivity index (χ0v) is 18.3. The third-order valence-electron chi connectivity index (χ3n) is 5.86. The van der Waals surface area contributed by atoms with Gasteiger partial charge in [-0.25, -0.2) is 0 Å². The summed E-state index contributed by atoms with van der Waals surface area (Å²) in [5, 5.41) is 14.7. The molecule has 0 bridgehead atoms. The number of rotatable bonds is 3. The lowest BCUT2D eigenvalue weighted by Gasteiger charge is -2.29. The summed E-state index contributed by atoms with van der Waals surface area (Å²) in [5.41, 5.74) is 4.38. The molecular weight excluding hydrogens is 422 g/mol. The van der Waals surface area contributed by atoms with Crippen LogP contribution in [0, 0.1) is 25.7 Å². The molecule has 168 valence electrons. The number of nitrogens with one attached hydrogen (secondary N) is 2. The van der Waals surface area contributed by atoms with Crippen molar-refractivity contribution in [2.45, 2.75) is 45.8 Å². The topological polar surface area (TPSA) is 116 Å². The van der Waals surface area contributed by atoms with Crippen LogP contribution in [0.4, 0.5) is 0 Å². The number of aromatic hydroxyl groups is 1. The Hall–Kier alpha value is -4.12. The zero-order chi connectivity index (χ0) is 23.7. The van der Waals surface area contributed by atoms with E-state index in [0.717, 1.165) is 22.3 Å². The molecule has 2 aliphatic heterocycles. The maximum absolute atomic E-state index is 12.8. The van der Waals surface area contributed by atoms with Crippen molar-refractivity contribution in [1.29, 1.82) is 0 Å². The molecule has 4 amide bonds. The van der Waals surface area contributed by atoms with Gasteiger partial charge in [0.1, 0.15) is 11.8 Å². The van der Waals surface area contributed by atoms with Gasteiger partial charge >= 0.3 is 0 Å². The first kappa shape index (κ1) is 22.1. The van der Waals surface area contributed by atoms with Crippen molar-refractivity contribution in [3.8, 4) is 17.6 Å². The van der Waals surface area contributed by atoms with Crippen LogP contribution in [-0.2, 0) is 27.5 Å². The third-order valence-corrected chi connectivity index (χ3v) is 5.86. The number of hydrogen-bond donors (Lipinski definition) is 3. The fourth-order valence-corrected chi connectivity index (χ4v) is 4.22. The summed E-state index contributed by atoms with van der Waals surface area (Å²) in [6.45, 7) is 4.15.